The van der Waals surface area contributed by atoms with E-state index in [1.54, 1.807) is 6.07 Å². The maximum atomic E-state index is 11.4. The number of rotatable bonds is 2. The van der Waals surface area contributed by atoms with Crippen LogP contribution in [0.3, 0.4) is 0 Å². The first-order valence-corrected chi connectivity index (χ1v) is 5.75. The normalized spacial score (nSPS) is 15.6. The van der Waals surface area contributed by atoms with Crippen molar-refractivity contribution in [2.24, 2.45) is 15.6 Å². The summed E-state index contributed by atoms with van der Waals surface area (Å²) in [5.74, 6) is 0. The van der Waals surface area contributed by atoms with Gasteiger partial charge in [0.25, 0.3) is 0 Å². The Morgan fingerprint density at radius 2 is 1.72 bits per heavy atom. The lowest BCUT2D eigenvalue weighted by Crippen LogP contribution is -2.27. The van der Waals surface area contributed by atoms with Crippen molar-refractivity contribution in [3.05, 3.63) is 29.8 Å². The molecule has 4 amide bonds. The van der Waals surface area contributed by atoms with Crippen molar-refractivity contribution < 1.29 is 9.59 Å². The van der Waals surface area contributed by atoms with Crippen LogP contribution in [-0.4, -0.2) is 12.1 Å². The Bertz CT molecular complexity index is 511. The van der Waals surface area contributed by atoms with Crippen LogP contribution in [0.15, 0.2) is 34.5 Å². The van der Waals surface area contributed by atoms with Crippen LogP contribution in [0.5, 0.6) is 0 Å². The third-order valence-corrected chi connectivity index (χ3v) is 2.51. The van der Waals surface area contributed by atoms with Crippen molar-refractivity contribution in [1.29, 1.82) is 0 Å². The minimum atomic E-state index is -0.632. The smallest absolute Gasteiger partial charge is 0.243 e. The van der Waals surface area contributed by atoms with E-state index in [0.29, 0.717) is 5.69 Å². The number of anilines is 1. The number of urea groups is 2. The predicted molar refractivity (Wildman–Crippen MR) is 67.7 cm³/mol. The minimum absolute atomic E-state index is 0.145. The van der Waals surface area contributed by atoms with Crippen LogP contribution in [0.4, 0.5) is 15.3 Å². The molecule has 0 atom stereocenters. The Kier molecular flexibility index (Phi) is 2.98. The summed E-state index contributed by atoms with van der Waals surface area (Å²) in [6.07, 6.45) is 0.866. The molecule has 0 unspecified atom stereocenters. The van der Waals surface area contributed by atoms with E-state index in [9.17, 15) is 9.59 Å². The van der Waals surface area contributed by atoms with Gasteiger partial charge in [0, 0.05) is 0 Å². The largest absolute Gasteiger partial charge is 0.375 e. The van der Waals surface area contributed by atoms with Crippen molar-refractivity contribution in [3.63, 3.8) is 0 Å². The van der Waals surface area contributed by atoms with E-state index in [1.165, 1.54) is 0 Å². The van der Waals surface area contributed by atoms with Gasteiger partial charge in [-0.1, -0.05) is 43.1 Å². The van der Waals surface area contributed by atoms with Crippen molar-refractivity contribution in [2.75, 3.05) is 4.90 Å². The molecule has 0 saturated carbocycles. The molecule has 0 aromatic heterocycles. The monoisotopic (exact) mass is 245 g/mol. The highest BCUT2D eigenvalue weighted by Gasteiger charge is 2.29. The topological polar surface area (TPSA) is 62.1 Å². The molecule has 0 bridgehead atoms. The second-order valence-corrected chi connectivity index (χ2v) is 5.51. The molecular weight excluding hydrogens is 230 g/mol. The van der Waals surface area contributed by atoms with E-state index in [0.717, 1.165) is 16.9 Å². The van der Waals surface area contributed by atoms with Crippen LogP contribution in [0, 0.1) is 5.41 Å². The fourth-order valence-corrected chi connectivity index (χ4v) is 1.90. The van der Waals surface area contributed by atoms with Crippen molar-refractivity contribution >= 4 is 17.7 Å². The highest BCUT2D eigenvalue weighted by molar-refractivity contribution is 6.17. The molecule has 1 aliphatic rings. The minimum Gasteiger partial charge on any atom is -0.243 e. The molecule has 0 spiro atoms. The van der Waals surface area contributed by atoms with Crippen molar-refractivity contribution in [3.8, 4) is 0 Å². The van der Waals surface area contributed by atoms with Crippen LogP contribution in [-0.2, 0) is 6.42 Å². The van der Waals surface area contributed by atoms with E-state index in [4.69, 9.17) is 0 Å². The number of hydrogen-bond acceptors (Lipinski definition) is 2. The number of amides is 4. The fraction of sp³-hybridized carbons (Fsp3) is 0.385. The van der Waals surface area contributed by atoms with Gasteiger partial charge in [-0.2, -0.15) is 0 Å². The van der Waals surface area contributed by atoms with Gasteiger partial charge in [0.15, 0.2) is 0 Å². The second kappa shape index (κ2) is 4.33. The first-order valence-electron chi connectivity index (χ1n) is 5.75. The van der Waals surface area contributed by atoms with Crippen LogP contribution < -0.4 is 4.90 Å². The number of hydrogen-bond donors (Lipinski definition) is 0. The third-order valence-electron chi connectivity index (χ3n) is 2.51. The molecule has 1 aliphatic heterocycles. The number of carbonyl (C=O) groups excluding carboxylic acids is 2. The zero-order valence-electron chi connectivity index (χ0n) is 10.7. The molecular formula is C13H15N3O2. The van der Waals surface area contributed by atoms with Crippen LogP contribution >= 0.6 is 0 Å². The molecule has 0 radical (unpaired) electrons. The van der Waals surface area contributed by atoms with Gasteiger partial charge >= 0.3 is 12.1 Å². The van der Waals surface area contributed by atoms with E-state index in [1.807, 2.05) is 18.2 Å². The molecule has 5 nitrogen and oxygen atoms in total. The van der Waals surface area contributed by atoms with Gasteiger partial charge in [-0.3, -0.25) is 0 Å². The summed E-state index contributed by atoms with van der Waals surface area (Å²) in [5, 5.41) is 6.48. The SMILES string of the molecule is CC(C)(C)Cc1cccc(N2C(=O)N=NC2=O)c1. The highest BCUT2D eigenvalue weighted by Crippen LogP contribution is 2.26. The molecule has 0 saturated heterocycles. The number of azo groups is 1. The Labute approximate surface area is 106 Å². The first-order chi connectivity index (χ1) is 8.37. The summed E-state index contributed by atoms with van der Waals surface area (Å²) < 4.78 is 0. The highest BCUT2D eigenvalue weighted by atomic mass is 16.2. The summed E-state index contributed by atoms with van der Waals surface area (Å²) in [6, 6.07) is 6.08. The maximum absolute atomic E-state index is 11.4. The Morgan fingerprint density at radius 3 is 2.28 bits per heavy atom. The fourth-order valence-electron chi connectivity index (χ4n) is 1.90. The lowest BCUT2D eigenvalue weighted by atomic mass is 9.88. The Balaban J connectivity index is 2.28. The average Bonchev–Trinajstić information content (AvgIpc) is 2.56. The Hall–Kier alpha value is -2.04. The molecule has 5 heteroatoms. The lowest BCUT2D eigenvalue weighted by molar-refractivity contribution is 0.249. The second-order valence-electron chi connectivity index (χ2n) is 5.51. The summed E-state index contributed by atoms with van der Waals surface area (Å²) >= 11 is 0. The zero-order chi connectivity index (χ0) is 13.3. The van der Waals surface area contributed by atoms with Gasteiger partial charge < -0.3 is 0 Å². The standard InChI is InChI=1S/C13H15N3O2/c1-13(2,3)8-9-5-4-6-10(7-9)16-11(17)14-15-12(16)18/h4-7H,8H2,1-3H3. The van der Waals surface area contributed by atoms with Crippen molar-refractivity contribution in [1.82, 2.24) is 0 Å². The molecule has 2 rings (SSSR count). The van der Waals surface area contributed by atoms with Gasteiger partial charge in [0.05, 0.1) is 5.69 Å². The van der Waals surface area contributed by atoms with Crippen molar-refractivity contribution in [2.45, 2.75) is 27.2 Å². The maximum Gasteiger partial charge on any atom is 0.375 e. The first kappa shape index (κ1) is 12.4. The molecule has 1 heterocycles. The van der Waals surface area contributed by atoms with Gasteiger partial charge in [0.1, 0.15) is 0 Å². The summed E-state index contributed by atoms with van der Waals surface area (Å²) in [6.45, 7) is 6.41. The summed E-state index contributed by atoms with van der Waals surface area (Å²) in [5.41, 5.74) is 1.75. The Morgan fingerprint density at radius 1 is 1.11 bits per heavy atom. The molecule has 0 aliphatic carbocycles. The van der Waals surface area contributed by atoms with E-state index >= 15 is 0 Å². The van der Waals surface area contributed by atoms with E-state index in [-0.39, 0.29) is 5.41 Å². The number of imide groups is 1. The molecule has 0 fully saturated rings. The molecule has 1 aromatic rings. The van der Waals surface area contributed by atoms with E-state index < -0.39 is 12.1 Å². The van der Waals surface area contributed by atoms with Gasteiger partial charge in [-0.05, 0) is 29.5 Å². The van der Waals surface area contributed by atoms with Crippen LogP contribution in [0.25, 0.3) is 0 Å². The van der Waals surface area contributed by atoms with Gasteiger partial charge in [0.2, 0.25) is 0 Å². The molecule has 94 valence electrons. The molecule has 1 aromatic carbocycles. The van der Waals surface area contributed by atoms with Gasteiger partial charge in [-0.25, -0.2) is 14.5 Å². The van der Waals surface area contributed by atoms with Gasteiger partial charge in [-0.15, -0.1) is 0 Å². The number of nitrogens with zero attached hydrogens (tertiary/aromatic N) is 3. The quantitative estimate of drug-likeness (QED) is 0.795. The molecule has 0 N–H and O–H groups in total. The number of benzene rings is 1. The van der Waals surface area contributed by atoms with Crippen LogP contribution in [0.1, 0.15) is 26.3 Å². The predicted octanol–water partition coefficient (Wildman–Crippen LogP) is 3.79. The summed E-state index contributed by atoms with van der Waals surface area (Å²) in [7, 11) is 0. The lowest BCUT2D eigenvalue weighted by Gasteiger charge is -2.19. The average molecular weight is 245 g/mol. The summed E-state index contributed by atoms with van der Waals surface area (Å²) in [4.78, 5) is 23.8. The number of carbonyl (C=O) groups is 2. The van der Waals surface area contributed by atoms with E-state index in [2.05, 4.69) is 31.0 Å². The third kappa shape index (κ3) is 2.61. The zero-order valence-corrected chi connectivity index (χ0v) is 10.7. The molecule has 18 heavy (non-hydrogen) atoms. The van der Waals surface area contributed by atoms with Crippen LogP contribution in [0.2, 0.25) is 0 Å².